The van der Waals surface area contributed by atoms with Gasteiger partial charge in [-0.25, -0.2) is 0 Å². The number of H-pyrrole nitrogens is 1. The van der Waals surface area contributed by atoms with Crippen LogP contribution in [0.5, 0.6) is 0 Å². The quantitative estimate of drug-likeness (QED) is 0.911. The Morgan fingerprint density at radius 3 is 2.79 bits per heavy atom. The predicted octanol–water partition coefficient (Wildman–Crippen LogP) is 2.69. The number of hydrogen-bond donors (Lipinski definition) is 2. The fraction of sp³-hybridized carbons (Fsp3) is 0.474. The number of fused-ring (bicyclic) bond motifs is 1. The summed E-state index contributed by atoms with van der Waals surface area (Å²) in [5.41, 5.74) is 1.53. The van der Waals surface area contributed by atoms with Crippen LogP contribution in [0.25, 0.3) is 10.9 Å². The van der Waals surface area contributed by atoms with E-state index in [2.05, 4.69) is 10.3 Å². The summed E-state index contributed by atoms with van der Waals surface area (Å²) in [4.78, 5) is 30.2. The van der Waals surface area contributed by atoms with Gasteiger partial charge in [0.25, 0.3) is 5.91 Å². The lowest BCUT2D eigenvalue weighted by Crippen LogP contribution is -2.39. The highest BCUT2D eigenvalue weighted by atomic mass is 16.2. The van der Waals surface area contributed by atoms with Gasteiger partial charge in [-0.15, -0.1) is 0 Å². The molecule has 0 bridgehead atoms. The van der Waals surface area contributed by atoms with Crippen molar-refractivity contribution in [3.05, 3.63) is 36.0 Å². The Balaban J connectivity index is 1.40. The molecule has 24 heavy (non-hydrogen) atoms. The Bertz CT molecular complexity index is 761. The maximum Gasteiger partial charge on any atom is 0.253 e. The fourth-order valence-corrected chi connectivity index (χ4v) is 4.05. The topological polar surface area (TPSA) is 65.2 Å². The number of hydrogen-bond acceptors (Lipinski definition) is 2. The normalized spacial score (nSPS) is 21.5. The van der Waals surface area contributed by atoms with Crippen molar-refractivity contribution in [2.45, 2.75) is 38.1 Å². The molecule has 1 saturated heterocycles. The highest BCUT2D eigenvalue weighted by Crippen LogP contribution is 2.28. The largest absolute Gasteiger partial charge is 0.361 e. The smallest absolute Gasteiger partial charge is 0.253 e. The molecule has 1 saturated carbocycles. The number of aromatic nitrogens is 1. The maximum absolute atomic E-state index is 12.6. The first-order valence-electron chi connectivity index (χ1n) is 8.88. The van der Waals surface area contributed by atoms with E-state index in [4.69, 9.17) is 0 Å². The minimum absolute atomic E-state index is 0.0491. The first-order valence-corrected chi connectivity index (χ1v) is 8.88. The zero-order valence-electron chi connectivity index (χ0n) is 13.8. The van der Waals surface area contributed by atoms with E-state index in [9.17, 15) is 9.59 Å². The van der Waals surface area contributed by atoms with E-state index in [1.54, 1.807) is 0 Å². The van der Waals surface area contributed by atoms with Gasteiger partial charge in [-0.05, 0) is 31.4 Å². The molecule has 4 rings (SSSR count). The van der Waals surface area contributed by atoms with E-state index >= 15 is 0 Å². The number of benzene rings is 1. The Morgan fingerprint density at radius 1 is 1.12 bits per heavy atom. The van der Waals surface area contributed by atoms with Gasteiger partial charge < -0.3 is 15.2 Å². The van der Waals surface area contributed by atoms with Crippen LogP contribution in [0.2, 0.25) is 0 Å². The molecule has 1 aromatic heterocycles. The first kappa shape index (κ1) is 15.2. The molecule has 0 spiro atoms. The van der Waals surface area contributed by atoms with Crippen molar-refractivity contribution in [1.29, 1.82) is 0 Å². The third-order valence-corrected chi connectivity index (χ3v) is 5.37. The Morgan fingerprint density at radius 2 is 1.96 bits per heavy atom. The molecule has 0 unspecified atom stereocenters. The summed E-state index contributed by atoms with van der Waals surface area (Å²) in [6, 6.07) is 7.73. The van der Waals surface area contributed by atoms with E-state index in [0.29, 0.717) is 12.1 Å². The van der Waals surface area contributed by atoms with Gasteiger partial charge in [-0.3, -0.25) is 9.59 Å². The van der Waals surface area contributed by atoms with Crippen LogP contribution in [-0.4, -0.2) is 40.8 Å². The molecule has 0 radical (unpaired) electrons. The monoisotopic (exact) mass is 325 g/mol. The number of carbonyl (C=O) groups excluding carboxylic acids is 2. The minimum atomic E-state index is -0.0665. The zero-order valence-corrected chi connectivity index (χ0v) is 13.8. The van der Waals surface area contributed by atoms with Crippen LogP contribution < -0.4 is 5.32 Å². The molecule has 5 nitrogen and oxygen atoms in total. The van der Waals surface area contributed by atoms with E-state index in [1.807, 2.05) is 35.4 Å². The van der Waals surface area contributed by atoms with Crippen molar-refractivity contribution in [1.82, 2.24) is 15.2 Å². The molecule has 2 aliphatic rings. The van der Waals surface area contributed by atoms with Crippen LogP contribution in [0.15, 0.2) is 30.5 Å². The highest BCUT2D eigenvalue weighted by Gasteiger charge is 2.32. The molecule has 1 atom stereocenters. The third kappa shape index (κ3) is 2.79. The molecule has 2 aromatic rings. The Hall–Kier alpha value is -2.30. The van der Waals surface area contributed by atoms with E-state index in [-0.39, 0.29) is 23.8 Å². The van der Waals surface area contributed by atoms with Gasteiger partial charge in [0.05, 0.1) is 11.1 Å². The van der Waals surface area contributed by atoms with Gasteiger partial charge in [0, 0.05) is 36.6 Å². The van der Waals surface area contributed by atoms with Gasteiger partial charge in [0.15, 0.2) is 0 Å². The average Bonchev–Trinajstić information content (AvgIpc) is 3.34. The Kier molecular flexibility index (Phi) is 4.00. The van der Waals surface area contributed by atoms with Gasteiger partial charge in [-0.1, -0.05) is 25.0 Å². The molecule has 2 heterocycles. The average molecular weight is 325 g/mol. The third-order valence-electron chi connectivity index (χ3n) is 5.37. The molecule has 1 aliphatic carbocycles. The molecule has 2 fully saturated rings. The molecule has 2 N–H and O–H groups in total. The van der Waals surface area contributed by atoms with Crippen molar-refractivity contribution < 1.29 is 9.59 Å². The summed E-state index contributed by atoms with van der Waals surface area (Å²) < 4.78 is 0. The standard InChI is InChI=1S/C19H23N3O2/c23-18(16-7-3-6-13-8-10-20-17(13)16)21-15-9-11-22(12-15)19(24)14-4-1-2-5-14/h3,6-8,10,14-15,20H,1-2,4-5,9,11-12H2,(H,21,23)/t15-/m0/s1. The van der Waals surface area contributed by atoms with Gasteiger partial charge in [-0.2, -0.15) is 0 Å². The van der Waals surface area contributed by atoms with Crippen LogP contribution in [0.4, 0.5) is 0 Å². The number of nitrogens with zero attached hydrogens (tertiary/aromatic N) is 1. The Labute approximate surface area is 141 Å². The number of para-hydroxylation sites is 1. The van der Waals surface area contributed by atoms with Crippen LogP contribution in [0.3, 0.4) is 0 Å². The van der Waals surface area contributed by atoms with E-state index in [1.165, 1.54) is 12.8 Å². The highest BCUT2D eigenvalue weighted by molar-refractivity contribution is 6.05. The van der Waals surface area contributed by atoms with Crippen molar-refractivity contribution in [3.63, 3.8) is 0 Å². The second-order valence-electron chi connectivity index (χ2n) is 6.97. The molecular formula is C19H23N3O2. The summed E-state index contributed by atoms with van der Waals surface area (Å²) in [5, 5.41) is 4.13. The summed E-state index contributed by atoms with van der Waals surface area (Å²) in [7, 11) is 0. The van der Waals surface area contributed by atoms with Crippen molar-refractivity contribution in [2.24, 2.45) is 5.92 Å². The zero-order chi connectivity index (χ0) is 16.5. The number of amides is 2. The lowest BCUT2D eigenvalue weighted by molar-refractivity contribution is -0.134. The number of aromatic amines is 1. The second-order valence-corrected chi connectivity index (χ2v) is 6.97. The number of carbonyl (C=O) groups is 2. The van der Waals surface area contributed by atoms with E-state index < -0.39 is 0 Å². The fourth-order valence-electron chi connectivity index (χ4n) is 4.05. The van der Waals surface area contributed by atoms with Crippen LogP contribution in [0, 0.1) is 5.92 Å². The summed E-state index contributed by atoms with van der Waals surface area (Å²) in [5.74, 6) is 0.436. The molecule has 2 amide bonds. The van der Waals surface area contributed by atoms with E-state index in [0.717, 1.165) is 36.7 Å². The van der Waals surface area contributed by atoms with Crippen molar-refractivity contribution >= 4 is 22.7 Å². The lowest BCUT2D eigenvalue weighted by atomic mass is 10.1. The second kappa shape index (κ2) is 6.30. The number of rotatable bonds is 3. The molecule has 126 valence electrons. The number of nitrogens with one attached hydrogen (secondary N) is 2. The van der Waals surface area contributed by atoms with Crippen LogP contribution >= 0.6 is 0 Å². The summed E-state index contributed by atoms with van der Waals surface area (Å²) in [6.07, 6.45) is 7.08. The molecule has 1 aromatic carbocycles. The van der Waals surface area contributed by atoms with Crippen LogP contribution in [-0.2, 0) is 4.79 Å². The van der Waals surface area contributed by atoms with Gasteiger partial charge in [0.1, 0.15) is 0 Å². The molecular weight excluding hydrogens is 302 g/mol. The van der Waals surface area contributed by atoms with Crippen molar-refractivity contribution in [2.75, 3.05) is 13.1 Å². The summed E-state index contributed by atoms with van der Waals surface area (Å²) >= 11 is 0. The summed E-state index contributed by atoms with van der Waals surface area (Å²) in [6.45, 7) is 1.40. The lowest BCUT2D eigenvalue weighted by Gasteiger charge is -2.20. The minimum Gasteiger partial charge on any atom is -0.361 e. The van der Waals surface area contributed by atoms with Crippen LogP contribution in [0.1, 0.15) is 42.5 Å². The first-order chi connectivity index (χ1) is 11.7. The SMILES string of the molecule is O=C(N[C@H]1CCN(C(=O)C2CCCC2)C1)c1cccc2cc[nH]c12. The molecule has 5 heteroatoms. The number of likely N-dealkylation sites (tertiary alicyclic amines) is 1. The van der Waals surface area contributed by atoms with Gasteiger partial charge in [0.2, 0.25) is 5.91 Å². The van der Waals surface area contributed by atoms with Crippen molar-refractivity contribution in [3.8, 4) is 0 Å². The maximum atomic E-state index is 12.6. The van der Waals surface area contributed by atoms with Gasteiger partial charge >= 0.3 is 0 Å². The molecule has 1 aliphatic heterocycles. The predicted molar refractivity (Wildman–Crippen MR) is 92.7 cm³/mol.